The molecule has 3 rings (SSSR count). The summed E-state index contributed by atoms with van der Waals surface area (Å²) in [7, 11) is 1.96. The Kier molecular flexibility index (Phi) is 3.54. The van der Waals surface area contributed by atoms with Crippen LogP contribution in [0.5, 0.6) is 0 Å². The lowest BCUT2D eigenvalue weighted by molar-refractivity contribution is -0.0457. The molecule has 1 aliphatic heterocycles. The van der Waals surface area contributed by atoms with Gasteiger partial charge in [0.2, 0.25) is 11.8 Å². The third-order valence-corrected chi connectivity index (χ3v) is 3.70. The number of morpholine rings is 1. The molecule has 2 aromatic rings. The number of hydrogen-bond acceptors (Lipinski definition) is 6. The zero-order chi connectivity index (χ0) is 14.1. The number of nitrogens with zero attached hydrogens (tertiary/aromatic N) is 5. The van der Waals surface area contributed by atoms with Gasteiger partial charge in [-0.2, -0.15) is 5.10 Å². The molecule has 0 amide bonds. The first-order valence-corrected chi connectivity index (χ1v) is 6.75. The highest BCUT2D eigenvalue weighted by atomic mass is 16.5. The van der Waals surface area contributed by atoms with E-state index in [0.29, 0.717) is 18.4 Å². The van der Waals surface area contributed by atoms with Gasteiger partial charge in [0.05, 0.1) is 12.8 Å². The van der Waals surface area contributed by atoms with Gasteiger partial charge in [0.1, 0.15) is 6.10 Å². The van der Waals surface area contributed by atoms with Crippen molar-refractivity contribution in [1.29, 1.82) is 0 Å². The number of aromatic nitrogens is 4. The van der Waals surface area contributed by atoms with Crippen molar-refractivity contribution < 1.29 is 9.15 Å². The van der Waals surface area contributed by atoms with E-state index in [1.54, 1.807) is 6.92 Å². The molecule has 20 heavy (non-hydrogen) atoms. The van der Waals surface area contributed by atoms with Crippen LogP contribution in [0.25, 0.3) is 0 Å². The summed E-state index contributed by atoms with van der Waals surface area (Å²) >= 11 is 0. The quantitative estimate of drug-likeness (QED) is 0.833. The Labute approximate surface area is 117 Å². The Morgan fingerprint density at radius 3 is 2.85 bits per heavy atom. The van der Waals surface area contributed by atoms with E-state index in [0.717, 1.165) is 19.6 Å². The Balaban J connectivity index is 1.68. The lowest BCUT2D eigenvalue weighted by Crippen LogP contribution is -2.38. The van der Waals surface area contributed by atoms with Crippen LogP contribution in [0.3, 0.4) is 0 Å². The average molecular weight is 277 g/mol. The van der Waals surface area contributed by atoms with Gasteiger partial charge in [-0.3, -0.25) is 9.58 Å². The van der Waals surface area contributed by atoms with Crippen molar-refractivity contribution in [2.75, 3.05) is 19.7 Å². The molecule has 0 aromatic carbocycles. The van der Waals surface area contributed by atoms with Crippen LogP contribution in [0.4, 0.5) is 0 Å². The molecule has 1 unspecified atom stereocenters. The summed E-state index contributed by atoms with van der Waals surface area (Å²) < 4.78 is 13.1. The Morgan fingerprint density at radius 2 is 2.20 bits per heavy atom. The van der Waals surface area contributed by atoms with Crippen LogP contribution in [-0.4, -0.2) is 44.6 Å². The van der Waals surface area contributed by atoms with Gasteiger partial charge in [-0.1, -0.05) is 0 Å². The van der Waals surface area contributed by atoms with Crippen molar-refractivity contribution in [3.05, 3.63) is 29.2 Å². The molecule has 108 valence electrons. The third-order valence-electron chi connectivity index (χ3n) is 3.70. The summed E-state index contributed by atoms with van der Waals surface area (Å²) in [5.41, 5.74) is 2.44. The van der Waals surface area contributed by atoms with Crippen LogP contribution in [0.2, 0.25) is 0 Å². The van der Waals surface area contributed by atoms with E-state index < -0.39 is 0 Å². The van der Waals surface area contributed by atoms with Gasteiger partial charge >= 0.3 is 0 Å². The molecular formula is C13H19N5O2. The monoisotopic (exact) mass is 277 g/mol. The maximum atomic E-state index is 5.72. The van der Waals surface area contributed by atoms with Crippen molar-refractivity contribution in [2.45, 2.75) is 26.5 Å². The van der Waals surface area contributed by atoms with E-state index in [4.69, 9.17) is 9.15 Å². The van der Waals surface area contributed by atoms with Crippen LogP contribution in [0.1, 0.15) is 29.1 Å². The lowest BCUT2D eigenvalue weighted by Gasteiger charge is -2.31. The second-order valence-electron chi connectivity index (χ2n) is 5.13. The smallest absolute Gasteiger partial charge is 0.246 e. The first-order chi connectivity index (χ1) is 9.63. The van der Waals surface area contributed by atoms with Crippen molar-refractivity contribution in [1.82, 2.24) is 24.9 Å². The van der Waals surface area contributed by atoms with Crippen LogP contribution in [-0.2, 0) is 18.3 Å². The van der Waals surface area contributed by atoms with Crippen molar-refractivity contribution in [3.8, 4) is 0 Å². The fourth-order valence-electron chi connectivity index (χ4n) is 2.38. The minimum atomic E-state index is -0.137. The normalized spacial score (nSPS) is 20.4. The van der Waals surface area contributed by atoms with E-state index in [9.17, 15) is 0 Å². The molecule has 0 saturated carbocycles. The highest BCUT2D eigenvalue weighted by molar-refractivity contribution is 5.15. The zero-order valence-corrected chi connectivity index (χ0v) is 12.0. The van der Waals surface area contributed by atoms with Crippen LogP contribution < -0.4 is 0 Å². The molecule has 7 heteroatoms. The summed E-state index contributed by atoms with van der Waals surface area (Å²) in [6.07, 6.45) is 1.79. The molecule has 3 heterocycles. The highest BCUT2D eigenvalue weighted by Gasteiger charge is 2.26. The second kappa shape index (κ2) is 5.34. The zero-order valence-electron chi connectivity index (χ0n) is 12.0. The predicted octanol–water partition coefficient (Wildman–Crippen LogP) is 0.993. The summed E-state index contributed by atoms with van der Waals surface area (Å²) in [4.78, 5) is 2.33. The number of aryl methyl sites for hydroxylation is 2. The molecule has 0 radical (unpaired) electrons. The van der Waals surface area contributed by atoms with Gasteiger partial charge in [-0.25, -0.2) is 0 Å². The van der Waals surface area contributed by atoms with Crippen molar-refractivity contribution >= 4 is 0 Å². The van der Waals surface area contributed by atoms with Crippen molar-refractivity contribution in [2.24, 2.45) is 7.05 Å². The van der Waals surface area contributed by atoms with Crippen LogP contribution >= 0.6 is 0 Å². The van der Waals surface area contributed by atoms with E-state index in [1.165, 1.54) is 11.3 Å². The van der Waals surface area contributed by atoms with Gasteiger partial charge < -0.3 is 9.15 Å². The van der Waals surface area contributed by atoms with Crippen LogP contribution in [0, 0.1) is 13.8 Å². The summed E-state index contributed by atoms with van der Waals surface area (Å²) in [6, 6.07) is 0. The molecule has 0 bridgehead atoms. The molecular weight excluding hydrogens is 258 g/mol. The first-order valence-electron chi connectivity index (χ1n) is 6.75. The summed E-state index contributed by atoms with van der Waals surface area (Å²) in [5, 5.41) is 12.2. The minimum absolute atomic E-state index is 0.137. The molecule has 2 aromatic heterocycles. The maximum absolute atomic E-state index is 5.72. The SMILES string of the molecule is Cc1nnc(C2CN(Cc3cnn(C)c3C)CCO2)o1. The molecule has 1 fully saturated rings. The summed E-state index contributed by atoms with van der Waals surface area (Å²) in [6.45, 7) is 7.07. The third kappa shape index (κ3) is 2.59. The number of hydrogen-bond donors (Lipinski definition) is 0. The highest BCUT2D eigenvalue weighted by Crippen LogP contribution is 2.22. The number of rotatable bonds is 3. The number of ether oxygens (including phenoxy) is 1. The fourth-order valence-corrected chi connectivity index (χ4v) is 2.38. The Hall–Kier alpha value is -1.73. The molecule has 0 spiro atoms. The van der Waals surface area contributed by atoms with E-state index in [-0.39, 0.29) is 6.10 Å². The van der Waals surface area contributed by atoms with E-state index in [1.807, 2.05) is 17.9 Å². The van der Waals surface area contributed by atoms with Crippen molar-refractivity contribution in [3.63, 3.8) is 0 Å². The molecule has 1 saturated heterocycles. The van der Waals surface area contributed by atoms with Gasteiger partial charge in [-0.15, -0.1) is 10.2 Å². The summed E-state index contributed by atoms with van der Waals surface area (Å²) in [5.74, 6) is 1.14. The maximum Gasteiger partial charge on any atom is 0.246 e. The molecule has 7 nitrogen and oxygen atoms in total. The predicted molar refractivity (Wildman–Crippen MR) is 71.0 cm³/mol. The second-order valence-corrected chi connectivity index (χ2v) is 5.13. The Bertz CT molecular complexity index is 591. The van der Waals surface area contributed by atoms with Gasteiger partial charge in [0.25, 0.3) is 0 Å². The topological polar surface area (TPSA) is 69.2 Å². The standard InChI is InChI=1S/C13H19N5O2/c1-9-11(6-14-17(9)3)7-18-4-5-19-12(8-18)13-16-15-10(2)20-13/h6,12H,4-5,7-8H2,1-3H3. The lowest BCUT2D eigenvalue weighted by atomic mass is 10.2. The first kappa shape index (κ1) is 13.3. The van der Waals surface area contributed by atoms with Gasteiger partial charge in [0, 0.05) is 44.9 Å². The largest absolute Gasteiger partial charge is 0.423 e. The van der Waals surface area contributed by atoms with E-state index >= 15 is 0 Å². The van der Waals surface area contributed by atoms with E-state index in [2.05, 4.69) is 27.1 Å². The molecule has 1 atom stereocenters. The fraction of sp³-hybridized carbons (Fsp3) is 0.615. The molecule has 0 N–H and O–H groups in total. The molecule has 0 aliphatic carbocycles. The Morgan fingerprint density at radius 1 is 1.35 bits per heavy atom. The van der Waals surface area contributed by atoms with Gasteiger partial charge in [0.15, 0.2) is 0 Å². The average Bonchev–Trinajstić information content (AvgIpc) is 3.00. The van der Waals surface area contributed by atoms with Crippen LogP contribution in [0.15, 0.2) is 10.6 Å². The minimum Gasteiger partial charge on any atom is -0.423 e. The molecule has 1 aliphatic rings. The van der Waals surface area contributed by atoms with Gasteiger partial charge in [-0.05, 0) is 6.92 Å².